The summed E-state index contributed by atoms with van der Waals surface area (Å²) < 4.78 is 41.1. The average Bonchev–Trinajstić information content (AvgIpc) is 3.68. The molecule has 0 saturated carbocycles. The number of benzene rings is 1. The van der Waals surface area contributed by atoms with E-state index >= 15 is 0 Å². The van der Waals surface area contributed by atoms with Crippen LogP contribution in [0.15, 0.2) is 24.4 Å². The number of hydrogen-bond acceptors (Lipinski definition) is 7. The number of alkyl halides is 3. The van der Waals surface area contributed by atoms with Gasteiger partial charge in [-0.25, -0.2) is 4.98 Å². The number of carbonyl (C=O) groups is 4. The van der Waals surface area contributed by atoms with Gasteiger partial charge in [0.1, 0.15) is 0 Å². The van der Waals surface area contributed by atoms with E-state index in [1.165, 1.54) is 24.4 Å². The summed E-state index contributed by atoms with van der Waals surface area (Å²) in [5, 5.41) is 14.3. The van der Waals surface area contributed by atoms with Crippen molar-refractivity contribution in [1.29, 1.82) is 0 Å². The van der Waals surface area contributed by atoms with Crippen LogP contribution in [0.25, 0.3) is 0 Å². The first kappa shape index (κ1) is 34.9. The van der Waals surface area contributed by atoms with Crippen molar-refractivity contribution in [2.24, 2.45) is 5.92 Å². The quantitative estimate of drug-likeness (QED) is 0.230. The van der Waals surface area contributed by atoms with Crippen molar-refractivity contribution in [2.45, 2.75) is 51.7 Å². The summed E-state index contributed by atoms with van der Waals surface area (Å²) >= 11 is 6.45. The molecule has 0 spiro atoms. The van der Waals surface area contributed by atoms with Crippen LogP contribution in [-0.2, 0) is 28.6 Å². The molecule has 3 aromatic rings. The zero-order valence-electron chi connectivity index (χ0n) is 26.5. The molecule has 5 N–H and O–H groups in total. The van der Waals surface area contributed by atoms with Gasteiger partial charge in [0.25, 0.3) is 11.8 Å². The third-order valence-corrected chi connectivity index (χ3v) is 8.56. The van der Waals surface area contributed by atoms with Gasteiger partial charge in [0.2, 0.25) is 11.8 Å². The number of nitrogens with one attached hydrogen (secondary N) is 5. The molecule has 2 fully saturated rings. The molecule has 13 nitrogen and oxygen atoms in total. The van der Waals surface area contributed by atoms with Crippen LogP contribution in [0.4, 0.5) is 18.9 Å². The van der Waals surface area contributed by atoms with E-state index in [1.807, 2.05) is 4.90 Å². The molecule has 5 rings (SSSR count). The largest absolute Gasteiger partial charge is 0.435 e. The smallest absolute Gasteiger partial charge is 0.354 e. The Balaban J connectivity index is 1.19. The fraction of sp³-hybridized carbons (Fsp3) is 0.484. The van der Waals surface area contributed by atoms with Gasteiger partial charge in [-0.3, -0.25) is 24.3 Å². The number of carbonyl (C=O) groups excluding carboxylic acids is 4. The van der Waals surface area contributed by atoms with E-state index in [0.717, 1.165) is 25.9 Å². The van der Waals surface area contributed by atoms with Gasteiger partial charge < -0.3 is 30.7 Å². The lowest BCUT2D eigenvalue weighted by molar-refractivity contribution is -0.141. The first-order valence-electron chi connectivity index (χ1n) is 15.7. The second-order valence-electron chi connectivity index (χ2n) is 12.2. The van der Waals surface area contributed by atoms with Crippen LogP contribution < -0.4 is 16.0 Å². The van der Waals surface area contributed by atoms with E-state index in [-0.39, 0.29) is 75.7 Å². The Kier molecular flexibility index (Phi) is 10.7. The summed E-state index contributed by atoms with van der Waals surface area (Å²) in [7, 11) is 0. The Labute approximate surface area is 279 Å². The lowest BCUT2D eigenvalue weighted by atomic mass is 9.96. The second kappa shape index (κ2) is 14.8. The molecule has 0 aliphatic carbocycles. The van der Waals surface area contributed by atoms with Crippen molar-refractivity contribution >= 4 is 40.9 Å². The normalized spacial score (nSPS) is 15.9. The zero-order valence-corrected chi connectivity index (χ0v) is 27.2. The molecule has 0 bridgehead atoms. The molecule has 1 aromatic carbocycles. The minimum Gasteiger partial charge on any atom is -0.354 e. The van der Waals surface area contributed by atoms with Crippen molar-refractivity contribution in [3.05, 3.63) is 63.5 Å². The maximum atomic E-state index is 13.7. The fourth-order valence-corrected chi connectivity index (χ4v) is 6.11. The Morgan fingerprint density at radius 2 is 1.75 bits per heavy atom. The van der Waals surface area contributed by atoms with Gasteiger partial charge in [0.15, 0.2) is 11.5 Å². The molecule has 4 amide bonds. The maximum Gasteiger partial charge on any atom is 0.435 e. The number of halogens is 4. The molecule has 0 unspecified atom stereocenters. The molecule has 48 heavy (non-hydrogen) atoms. The number of imidazole rings is 1. The van der Waals surface area contributed by atoms with Gasteiger partial charge >= 0.3 is 6.18 Å². The number of piperazine rings is 1. The van der Waals surface area contributed by atoms with Crippen molar-refractivity contribution < 1.29 is 32.3 Å². The third kappa shape index (κ3) is 8.34. The highest BCUT2D eigenvalue weighted by Gasteiger charge is 2.38. The van der Waals surface area contributed by atoms with E-state index in [1.54, 1.807) is 18.7 Å². The van der Waals surface area contributed by atoms with Gasteiger partial charge in [0.05, 0.1) is 17.0 Å². The molecule has 17 heteroatoms. The highest BCUT2D eigenvalue weighted by molar-refractivity contribution is 6.34. The molecule has 2 aliphatic heterocycles. The van der Waals surface area contributed by atoms with Crippen LogP contribution >= 0.6 is 11.6 Å². The first-order valence-corrected chi connectivity index (χ1v) is 16.0. The zero-order chi connectivity index (χ0) is 34.6. The molecular formula is C31H37ClF3N9O4. The topological polar surface area (TPSA) is 168 Å². The van der Waals surface area contributed by atoms with E-state index in [9.17, 15) is 32.3 Å². The Morgan fingerprint density at radius 1 is 1.06 bits per heavy atom. The van der Waals surface area contributed by atoms with Gasteiger partial charge in [-0.1, -0.05) is 11.6 Å². The standard InChI is InChI=1S/C31H37ClF3N9O4/c1-17(2)38-25(45)15-24-22(26(42-41-24)31(33,34)35)13-20-16-37-27(39-20)28(46)40-19-3-4-21(23(32)14-19)30(48)44-11-9-43(10-12-44)29(47)18-5-7-36-8-6-18/h3-4,14,16-18,36H,5-13,15H2,1-2H3,(H,37,39)(H,38,45)(H,40,46)(H,41,42). The SMILES string of the molecule is CC(C)NC(=O)Cc1[nH]nc(C(F)(F)F)c1Cc1cnc(C(=O)Nc2ccc(C(=O)N3CCN(C(=O)C4CCNCC4)CC3)c(Cl)c2)[nH]1. The molecule has 2 aromatic heterocycles. The molecule has 0 atom stereocenters. The summed E-state index contributed by atoms with van der Waals surface area (Å²) in [6.45, 7) is 6.75. The fourth-order valence-electron chi connectivity index (χ4n) is 5.84. The van der Waals surface area contributed by atoms with Crippen molar-refractivity contribution in [2.75, 3.05) is 44.6 Å². The van der Waals surface area contributed by atoms with Crippen molar-refractivity contribution in [1.82, 2.24) is 40.6 Å². The second-order valence-corrected chi connectivity index (χ2v) is 12.6. The summed E-state index contributed by atoms with van der Waals surface area (Å²) in [5.41, 5.74) is -0.700. The number of nitrogens with zero attached hydrogens (tertiary/aromatic N) is 4. The van der Waals surface area contributed by atoms with Crippen LogP contribution in [0, 0.1) is 5.92 Å². The van der Waals surface area contributed by atoms with E-state index < -0.39 is 23.7 Å². The number of H-pyrrole nitrogens is 2. The Bertz CT molecular complexity index is 1660. The van der Waals surface area contributed by atoms with Gasteiger partial charge in [-0.15, -0.1) is 0 Å². The van der Waals surface area contributed by atoms with E-state index in [2.05, 4.69) is 36.1 Å². The van der Waals surface area contributed by atoms with E-state index in [4.69, 9.17) is 11.6 Å². The van der Waals surface area contributed by atoms with E-state index in [0.29, 0.717) is 26.2 Å². The maximum absolute atomic E-state index is 13.7. The van der Waals surface area contributed by atoms with Crippen molar-refractivity contribution in [3.8, 4) is 0 Å². The van der Waals surface area contributed by atoms with Gasteiger partial charge in [-0.2, -0.15) is 18.3 Å². The van der Waals surface area contributed by atoms with Crippen LogP contribution in [0.5, 0.6) is 0 Å². The minimum atomic E-state index is -4.77. The minimum absolute atomic E-state index is 0.00191. The molecular weight excluding hydrogens is 655 g/mol. The number of amides is 4. The molecule has 258 valence electrons. The molecule has 2 aliphatic rings. The number of hydrogen-bond donors (Lipinski definition) is 5. The number of aromatic nitrogens is 4. The monoisotopic (exact) mass is 691 g/mol. The first-order chi connectivity index (χ1) is 22.8. The van der Waals surface area contributed by atoms with Crippen LogP contribution in [-0.4, -0.2) is 98.9 Å². The van der Waals surface area contributed by atoms with Gasteiger partial charge in [-0.05, 0) is 58.0 Å². The van der Waals surface area contributed by atoms with Gasteiger partial charge in [0, 0.05) is 73.4 Å². The Morgan fingerprint density at radius 3 is 2.40 bits per heavy atom. The summed E-state index contributed by atoms with van der Waals surface area (Å²) in [6.07, 6.45) is -2.58. The molecule has 0 radical (unpaired) electrons. The summed E-state index contributed by atoms with van der Waals surface area (Å²) in [5.74, 6) is -1.48. The number of rotatable bonds is 9. The lowest BCUT2D eigenvalue weighted by Crippen LogP contribution is -2.52. The summed E-state index contributed by atoms with van der Waals surface area (Å²) in [6, 6.07) is 4.22. The van der Waals surface area contributed by atoms with Crippen LogP contribution in [0.2, 0.25) is 5.02 Å². The van der Waals surface area contributed by atoms with Crippen molar-refractivity contribution in [3.63, 3.8) is 0 Å². The highest BCUT2D eigenvalue weighted by Crippen LogP contribution is 2.33. The molecule has 4 heterocycles. The predicted molar refractivity (Wildman–Crippen MR) is 169 cm³/mol. The van der Waals surface area contributed by atoms with Crippen LogP contribution in [0.3, 0.4) is 0 Å². The predicted octanol–water partition coefficient (Wildman–Crippen LogP) is 3.00. The number of piperidine rings is 1. The number of aromatic amines is 2. The van der Waals surface area contributed by atoms with Crippen LogP contribution in [0.1, 0.15) is 70.3 Å². The number of anilines is 1. The molecule has 2 saturated heterocycles. The highest BCUT2D eigenvalue weighted by atomic mass is 35.5. The Hall–Kier alpha value is -4.44. The average molecular weight is 692 g/mol. The summed E-state index contributed by atoms with van der Waals surface area (Å²) in [4.78, 5) is 61.5. The third-order valence-electron chi connectivity index (χ3n) is 8.24. The lowest BCUT2D eigenvalue weighted by Gasteiger charge is -2.37.